The summed E-state index contributed by atoms with van der Waals surface area (Å²) in [6.45, 7) is 4.25. The molecule has 0 aliphatic heterocycles. The summed E-state index contributed by atoms with van der Waals surface area (Å²) < 4.78 is 27.3. The zero-order valence-electron chi connectivity index (χ0n) is 13.4. The number of hydrogen-bond donors (Lipinski definition) is 1. The fourth-order valence-electron chi connectivity index (χ4n) is 2.52. The highest BCUT2D eigenvalue weighted by Crippen LogP contribution is 2.37. The van der Waals surface area contributed by atoms with Gasteiger partial charge >= 0.3 is 0 Å². The monoisotopic (exact) mass is 324 g/mol. The van der Waals surface area contributed by atoms with Gasteiger partial charge in [0.1, 0.15) is 11.6 Å². The molecule has 2 rings (SSSR count). The van der Waals surface area contributed by atoms with Crippen molar-refractivity contribution in [2.75, 3.05) is 13.1 Å². The first kappa shape index (κ1) is 17.4. The van der Waals surface area contributed by atoms with E-state index in [-0.39, 0.29) is 42.8 Å². The molecule has 2 atom stereocenters. The molecule has 6 heteroatoms. The number of nitrogens with one attached hydrogen (secondary N) is 1. The Hall–Kier alpha value is -1.98. The van der Waals surface area contributed by atoms with Gasteiger partial charge in [0.2, 0.25) is 11.8 Å². The van der Waals surface area contributed by atoms with Crippen LogP contribution in [-0.4, -0.2) is 29.8 Å². The Morgan fingerprint density at radius 1 is 1.30 bits per heavy atom. The molecule has 0 unspecified atom stereocenters. The molecule has 4 nitrogen and oxygen atoms in total. The Kier molecular flexibility index (Phi) is 5.69. The standard InChI is InChI=1S/C17H22F2N2O2/c1-3-21(10-13-14(18)5-4-6-15(13)19)16(22)7-8-20-17(23)12-9-11(12)2/h4-6,11-12H,3,7-10H2,1-2H3,(H,20,23)/t11-,12-/m0/s1. The summed E-state index contributed by atoms with van der Waals surface area (Å²) in [5.41, 5.74) is -0.112. The van der Waals surface area contributed by atoms with Gasteiger partial charge in [0.25, 0.3) is 0 Å². The van der Waals surface area contributed by atoms with E-state index in [1.165, 1.54) is 23.1 Å². The summed E-state index contributed by atoms with van der Waals surface area (Å²) in [6.07, 6.45) is 1.02. The Balaban J connectivity index is 1.85. The smallest absolute Gasteiger partial charge is 0.224 e. The third kappa shape index (κ3) is 4.50. The van der Waals surface area contributed by atoms with E-state index >= 15 is 0 Å². The minimum Gasteiger partial charge on any atom is -0.355 e. The second kappa shape index (κ2) is 7.53. The lowest BCUT2D eigenvalue weighted by molar-refractivity contribution is -0.131. The van der Waals surface area contributed by atoms with Gasteiger partial charge in [-0.2, -0.15) is 0 Å². The molecular weight excluding hydrogens is 302 g/mol. The van der Waals surface area contributed by atoms with E-state index in [0.717, 1.165) is 6.42 Å². The second-order valence-corrected chi connectivity index (χ2v) is 5.97. The minimum atomic E-state index is -0.660. The molecule has 2 amide bonds. The van der Waals surface area contributed by atoms with Gasteiger partial charge in [-0.3, -0.25) is 9.59 Å². The summed E-state index contributed by atoms with van der Waals surface area (Å²) in [6, 6.07) is 3.64. The number of rotatable bonds is 7. The van der Waals surface area contributed by atoms with E-state index in [1.807, 2.05) is 6.92 Å². The predicted octanol–water partition coefficient (Wildman–Crippen LogP) is 2.48. The molecule has 1 N–H and O–H groups in total. The highest BCUT2D eigenvalue weighted by Gasteiger charge is 2.38. The van der Waals surface area contributed by atoms with Crippen molar-refractivity contribution in [1.29, 1.82) is 0 Å². The first-order valence-electron chi connectivity index (χ1n) is 7.92. The van der Waals surface area contributed by atoms with Crippen LogP contribution >= 0.6 is 0 Å². The number of carbonyl (C=O) groups excluding carboxylic acids is 2. The highest BCUT2D eigenvalue weighted by atomic mass is 19.1. The number of amides is 2. The van der Waals surface area contributed by atoms with E-state index in [1.54, 1.807) is 6.92 Å². The summed E-state index contributed by atoms with van der Waals surface area (Å²) in [5, 5.41) is 2.74. The zero-order chi connectivity index (χ0) is 17.0. The van der Waals surface area contributed by atoms with Crippen LogP contribution in [0.3, 0.4) is 0 Å². The van der Waals surface area contributed by atoms with E-state index in [0.29, 0.717) is 12.5 Å². The van der Waals surface area contributed by atoms with Crippen molar-refractivity contribution in [2.45, 2.75) is 33.2 Å². The van der Waals surface area contributed by atoms with Gasteiger partial charge in [-0.1, -0.05) is 13.0 Å². The van der Waals surface area contributed by atoms with Crippen LogP contribution in [0.25, 0.3) is 0 Å². The molecule has 1 fully saturated rings. The summed E-state index contributed by atoms with van der Waals surface area (Å²) >= 11 is 0. The molecule has 126 valence electrons. The summed E-state index contributed by atoms with van der Waals surface area (Å²) in [4.78, 5) is 25.2. The fourth-order valence-corrected chi connectivity index (χ4v) is 2.52. The van der Waals surface area contributed by atoms with Crippen LogP contribution in [0.2, 0.25) is 0 Å². The third-order valence-corrected chi connectivity index (χ3v) is 4.23. The molecule has 0 spiro atoms. The maximum absolute atomic E-state index is 13.7. The quantitative estimate of drug-likeness (QED) is 0.838. The number of carbonyl (C=O) groups is 2. The maximum Gasteiger partial charge on any atom is 0.224 e. The lowest BCUT2D eigenvalue weighted by atomic mass is 10.1. The Bertz CT molecular complexity index is 572. The van der Waals surface area contributed by atoms with Crippen LogP contribution in [0, 0.1) is 23.5 Å². The average molecular weight is 324 g/mol. The van der Waals surface area contributed by atoms with E-state index < -0.39 is 11.6 Å². The molecule has 23 heavy (non-hydrogen) atoms. The molecule has 1 aliphatic rings. The second-order valence-electron chi connectivity index (χ2n) is 5.97. The molecular formula is C17H22F2N2O2. The number of benzene rings is 1. The SMILES string of the molecule is CCN(Cc1c(F)cccc1F)C(=O)CCNC(=O)[C@H]1C[C@@H]1C. The first-order valence-corrected chi connectivity index (χ1v) is 7.92. The Morgan fingerprint density at radius 2 is 1.91 bits per heavy atom. The van der Waals surface area contributed by atoms with Crippen molar-refractivity contribution in [1.82, 2.24) is 10.2 Å². The first-order chi connectivity index (χ1) is 10.9. The molecule has 1 aliphatic carbocycles. The van der Waals surface area contributed by atoms with Crippen molar-refractivity contribution < 1.29 is 18.4 Å². The maximum atomic E-state index is 13.7. The predicted molar refractivity (Wildman–Crippen MR) is 82.3 cm³/mol. The van der Waals surface area contributed by atoms with Crippen molar-refractivity contribution in [3.63, 3.8) is 0 Å². The molecule has 0 aromatic heterocycles. The van der Waals surface area contributed by atoms with Crippen LogP contribution in [-0.2, 0) is 16.1 Å². The number of halogens is 2. The molecule has 0 saturated heterocycles. The van der Waals surface area contributed by atoms with Gasteiger partial charge in [0.15, 0.2) is 0 Å². The van der Waals surface area contributed by atoms with Gasteiger partial charge in [0.05, 0.1) is 6.54 Å². The zero-order valence-corrected chi connectivity index (χ0v) is 13.4. The lowest BCUT2D eigenvalue weighted by Crippen LogP contribution is -2.35. The Labute approximate surface area is 134 Å². The number of nitrogens with zero attached hydrogens (tertiary/aromatic N) is 1. The van der Waals surface area contributed by atoms with Gasteiger partial charge in [-0.25, -0.2) is 8.78 Å². The van der Waals surface area contributed by atoms with Gasteiger partial charge in [-0.15, -0.1) is 0 Å². The third-order valence-electron chi connectivity index (χ3n) is 4.23. The molecule has 1 aromatic carbocycles. The van der Waals surface area contributed by atoms with Crippen LogP contribution in [0.5, 0.6) is 0 Å². The van der Waals surface area contributed by atoms with Gasteiger partial charge in [0, 0.05) is 31.0 Å². The number of hydrogen-bond acceptors (Lipinski definition) is 2. The lowest BCUT2D eigenvalue weighted by Gasteiger charge is -2.21. The fraction of sp³-hybridized carbons (Fsp3) is 0.529. The van der Waals surface area contributed by atoms with E-state index in [4.69, 9.17) is 0 Å². The van der Waals surface area contributed by atoms with E-state index in [2.05, 4.69) is 5.32 Å². The normalized spacial score (nSPS) is 19.3. The van der Waals surface area contributed by atoms with Crippen LogP contribution in [0.1, 0.15) is 32.3 Å². The Morgan fingerprint density at radius 3 is 2.43 bits per heavy atom. The highest BCUT2D eigenvalue weighted by molar-refractivity contribution is 5.82. The molecule has 0 radical (unpaired) electrons. The van der Waals surface area contributed by atoms with Crippen molar-refractivity contribution in [3.05, 3.63) is 35.4 Å². The van der Waals surface area contributed by atoms with Crippen molar-refractivity contribution >= 4 is 11.8 Å². The molecule has 1 saturated carbocycles. The van der Waals surface area contributed by atoms with Gasteiger partial charge in [-0.05, 0) is 31.4 Å². The topological polar surface area (TPSA) is 49.4 Å². The minimum absolute atomic E-state index is 0.0199. The molecule has 0 bridgehead atoms. The van der Waals surface area contributed by atoms with Crippen LogP contribution in [0.4, 0.5) is 8.78 Å². The van der Waals surface area contributed by atoms with E-state index in [9.17, 15) is 18.4 Å². The largest absolute Gasteiger partial charge is 0.355 e. The molecule has 0 heterocycles. The van der Waals surface area contributed by atoms with Gasteiger partial charge < -0.3 is 10.2 Å². The van der Waals surface area contributed by atoms with Crippen LogP contribution in [0.15, 0.2) is 18.2 Å². The van der Waals surface area contributed by atoms with Crippen molar-refractivity contribution in [3.8, 4) is 0 Å². The summed E-state index contributed by atoms with van der Waals surface area (Å²) in [5.74, 6) is -1.09. The van der Waals surface area contributed by atoms with Crippen LogP contribution < -0.4 is 5.32 Å². The average Bonchev–Trinajstić information content (AvgIpc) is 3.24. The molecule has 1 aromatic rings. The van der Waals surface area contributed by atoms with Crippen molar-refractivity contribution in [2.24, 2.45) is 11.8 Å². The summed E-state index contributed by atoms with van der Waals surface area (Å²) in [7, 11) is 0.